The number of aryl methyl sites for hydroxylation is 1. The van der Waals surface area contributed by atoms with Gasteiger partial charge in [0, 0.05) is 4.75 Å². The minimum absolute atomic E-state index is 0.114. The Hall–Kier alpha value is -0.430. The number of rotatable bonds is 4. The third-order valence-corrected chi connectivity index (χ3v) is 5.70. The third kappa shape index (κ3) is 3.81. The van der Waals surface area contributed by atoms with Crippen LogP contribution in [0.15, 0.2) is 18.2 Å². The Morgan fingerprint density at radius 1 is 1.20 bits per heavy atom. The van der Waals surface area contributed by atoms with Crippen molar-refractivity contribution in [1.29, 1.82) is 0 Å². The molecule has 0 spiro atoms. The van der Waals surface area contributed by atoms with E-state index >= 15 is 0 Å². The highest BCUT2D eigenvalue weighted by Gasteiger charge is 2.25. The fraction of sp³-hybridized carbons (Fsp3) is 0.684. The number of hydrogen-bond donors (Lipinski definition) is 1. The Morgan fingerprint density at radius 2 is 1.85 bits per heavy atom. The molecule has 1 atom stereocenters. The molecule has 1 heteroatoms. The van der Waals surface area contributed by atoms with E-state index in [-0.39, 0.29) is 4.75 Å². The van der Waals surface area contributed by atoms with E-state index in [1.807, 2.05) is 0 Å². The van der Waals surface area contributed by atoms with Crippen molar-refractivity contribution in [1.82, 2.24) is 0 Å². The zero-order valence-electron chi connectivity index (χ0n) is 13.6. The molecular formula is C19H30S. The van der Waals surface area contributed by atoms with E-state index in [1.165, 1.54) is 31.2 Å². The van der Waals surface area contributed by atoms with Crippen LogP contribution in [0.1, 0.15) is 75.5 Å². The van der Waals surface area contributed by atoms with E-state index < -0.39 is 0 Å². The van der Waals surface area contributed by atoms with Gasteiger partial charge in [-0.1, -0.05) is 51.8 Å². The van der Waals surface area contributed by atoms with Gasteiger partial charge in [-0.05, 0) is 61.1 Å². The molecule has 112 valence electrons. The molecule has 1 aromatic rings. The third-order valence-electron chi connectivity index (χ3n) is 5.22. The first-order valence-electron chi connectivity index (χ1n) is 8.23. The summed E-state index contributed by atoms with van der Waals surface area (Å²) in [6.45, 7) is 9.18. The van der Waals surface area contributed by atoms with E-state index in [1.54, 1.807) is 11.1 Å². The second-order valence-electron chi connectivity index (χ2n) is 7.13. The average molecular weight is 291 g/mol. The first kappa shape index (κ1) is 15.9. The van der Waals surface area contributed by atoms with Gasteiger partial charge < -0.3 is 0 Å². The minimum atomic E-state index is 0.114. The molecule has 0 aromatic heterocycles. The predicted octanol–water partition coefficient (Wildman–Crippen LogP) is 5.93. The highest BCUT2D eigenvalue weighted by atomic mass is 32.1. The summed E-state index contributed by atoms with van der Waals surface area (Å²) < 4.78 is 0.114. The lowest BCUT2D eigenvalue weighted by molar-refractivity contribution is 0.346. The van der Waals surface area contributed by atoms with Gasteiger partial charge in [0.2, 0.25) is 0 Å². The van der Waals surface area contributed by atoms with Gasteiger partial charge in [0.25, 0.3) is 0 Å². The largest absolute Gasteiger partial charge is 0.172 e. The number of benzene rings is 1. The summed E-state index contributed by atoms with van der Waals surface area (Å²) >= 11 is 4.87. The monoisotopic (exact) mass is 290 g/mol. The Bertz CT molecular complexity index is 439. The van der Waals surface area contributed by atoms with E-state index in [2.05, 4.69) is 45.9 Å². The molecule has 2 rings (SSSR count). The van der Waals surface area contributed by atoms with E-state index in [0.29, 0.717) is 0 Å². The summed E-state index contributed by atoms with van der Waals surface area (Å²) in [5.74, 6) is 1.70. The van der Waals surface area contributed by atoms with Gasteiger partial charge in [0.15, 0.2) is 0 Å². The first-order valence-corrected chi connectivity index (χ1v) is 8.68. The molecule has 1 aromatic carbocycles. The van der Waals surface area contributed by atoms with Crippen LogP contribution in [0.25, 0.3) is 0 Å². The molecule has 20 heavy (non-hydrogen) atoms. The standard InChI is InChI=1S/C19H30S/c1-5-19(4,20)13-18-15(3)7-6-8-17(18)16-11-9-14(2)10-12-16/h6-8,14,16,20H,5,9-13H2,1-4H3. The zero-order valence-corrected chi connectivity index (χ0v) is 14.5. The van der Waals surface area contributed by atoms with Crippen molar-refractivity contribution in [3.05, 3.63) is 34.9 Å². The first-order chi connectivity index (χ1) is 9.43. The summed E-state index contributed by atoms with van der Waals surface area (Å²) in [6.07, 6.45) is 7.74. The van der Waals surface area contributed by atoms with Crippen LogP contribution >= 0.6 is 12.6 Å². The van der Waals surface area contributed by atoms with Crippen molar-refractivity contribution in [3.8, 4) is 0 Å². The van der Waals surface area contributed by atoms with Crippen molar-refractivity contribution in [2.45, 2.75) is 76.9 Å². The smallest absolute Gasteiger partial charge is 0.0139 e. The van der Waals surface area contributed by atoms with Gasteiger partial charge in [-0.3, -0.25) is 0 Å². The van der Waals surface area contributed by atoms with Crippen LogP contribution < -0.4 is 0 Å². The molecular weight excluding hydrogens is 260 g/mol. The quantitative estimate of drug-likeness (QED) is 0.653. The molecule has 0 heterocycles. The fourth-order valence-electron chi connectivity index (χ4n) is 3.43. The highest BCUT2D eigenvalue weighted by Crippen LogP contribution is 2.39. The molecule has 0 radical (unpaired) electrons. The SMILES string of the molecule is CCC(C)(S)Cc1c(C)cccc1C1CCC(C)CC1. The normalized spacial score (nSPS) is 26.2. The molecule has 0 nitrogen and oxygen atoms in total. The summed E-state index contributed by atoms with van der Waals surface area (Å²) in [4.78, 5) is 0. The molecule has 0 saturated heterocycles. The van der Waals surface area contributed by atoms with Gasteiger partial charge in [-0.25, -0.2) is 0 Å². The van der Waals surface area contributed by atoms with Gasteiger partial charge in [0.1, 0.15) is 0 Å². The lowest BCUT2D eigenvalue weighted by Crippen LogP contribution is -2.22. The summed E-state index contributed by atoms with van der Waals surface area (Å²) in [7, 11) is 0. The van der Waals surface area contributed by atoms with Crippen molar-refractivity contribution >= 4 is 12.6 Å². The van der Waals surface area contributed by atoms with E-state index in [4.69, 9.17) is 12.6 Å². The van der Waals surface area contributed by atoms with E-state index in [9.17, 15) is 0 Å². The maximum absolute atomic E-state index is 4.87. The van der Waals surface area contributed by atoms with E-state index in [0.717, 1.165) is 24.7 Å². The minimum Gasteiger partial charge on any atom is -0.172 e. The van der Waals surface area contributed by atoms with Crippen molar-refractivity contribution in [2.75, 3.05) is 0 Å². The van der Waals surface area contributed by atoms with Gasteiger partial charge in [0.05, 0.1) is 0 Å². The number of hydrogen-bond acceptors (Lipinski definition) is 1. The van der Waals surface area contributed by atoms with Crippen molar-refractivity contribution in [3.63, 3.8) is 0 Å². The second kappa shape index (κ2) is 6.56. The van der Waals surface area contributed by atoms with Gasteiger partial charge >= 0.3 is 0 Å². The van der Waals surface area contributed by atoms with Crippen LogP contribution in [0, 0.1) is 12.8 Å². The average Bonchev–Trinajstić information content (AvgIpc) is 2.42. The Labute approximate surface area is 130 Å². The van der Waals surface area contributed by atoms with Crippen LogP contribution in [-0.4, -0.2) is 4.75 Å². The lowest BCUT2D eigenvalue weighted by atomic mass is 9.76. The summed E-state index contributed by atoms with van der Waals surface area (Å²) in [5, 5.41) is 0. The highest BCUT2D eigenvalue weighted by molar-refractivity contribution is 7.81. The lowest BCUT2D eigenvalue weighted by Gasteiger charge is -2.31. The molecule has 1 aliphatic carbocycles. The molecule has 0 aliphatic heterocycles. The maximum atomic E-state index is 4.87. The molecule has 1 saturated carbocycles. The van der Waals surface area contributed by atoms with Crippen LogP contribution in [0.4, 0.5) is 0 Å². The topological polar surface area (TPSA) is 0 Å². The molecule has 1 fully saturated rings. The second-order valence-corrected chi connectivity index (χ2v) is 8.21. The number of thiol groups is 1. The molecule has 1 aliphatic rings. The predicted molar refractivity (Wildman–Crippen MR) is 92.9 cm³/mol. The molecule has 0 N–H and O–H groups in total. The van der Waals surface area contributed by atoms with Crippen LogP contribution in [0.5, 0.6) is 0 Å². The Kier molecular flexibility index (Phi) is 5.23. The summed E-state index contributed by atoms with van der Waals surface area (Å²) in [5.41, 5.74) is 4.65. The summed E-state index contributed by atoms with van der Waals surface area (Å²) in [6, 6.07) is 6.89. The molecule has 1 unspecified atom stereocenters. The van der Waals surface area contributed by atoms with Crippen LogP contribution in [0.3, 0.4) is 0 Å². The maximum Gasteiger partial charge on any atom is 0.0139 e. The molecule has 0 amide bonds. The van der Waals surface area contributed by atoms with Crippen molar-refractivity contribution < 1.29 is 0 Å². The Balaban J connectivity index is 2.26. The molecule has 0 bridgehead atoms. The van der Waals surface area contributed by atoms with Crippen LogP contribution in [0.2, 0.25) is 0 Å². The van der Waals surface area contributed by atoms with Crippen molar-refractivity contribution in [2.24, 2.45) is 5.92 Å². The zero-order chi connectivity index (χ0) is 14.8. The van der Waals surface area contributed by atoms with Crippen LogP contribution in [-0.2, 0) is 6.42 Å². The fourth-order valence-corrected chi connectivity index (χ4v) is 3.58. The van der Waals surface area contributed by atoms with Gasteiger partial charge in [-0.15, -0.1) is 0 Å². The Morgan fingerprint density at radius 3 is 2.45 bits per heavy atom. The van der Waals surface area contributed by atoms with Gasteiger partial charge in [-0.2, -0.15) is 12.6 Å².